The number of nitrogen functional groups attached to an aromatic ring is 1. The van der Waals surface area contributed by atoms with Gasteiger partial charge in [-0.2, -0.15) is 5.10 Å². The molecule has 0 fully saturated rings. The normalized spacial score (nSPS) is 10.5. The molecule has 0 spiro atoms. The molecule has 1 aromatic heterocycles. The molecule has 2 rings (SSSR count). The first-order valence-electron chi connectivity index (χ1n) is 5.44. The summed E-state index contributed by atoms with van der Waals surface area (Å²) < 4.78 is 2.76. The van der Waals surface area contributed by atoms with Gasteiger partial charge in [-0.3, -0.25) is 4.68 Å². The number of hydrogen-bond acceptors (Lipinski definition) is 3. The Morgan fingerprint density at radius 2 is 2.18 bits per heavy atom. The second kappa shape index (κ2) is 4.79. The second-order valence-corrected chi connectivity index (χ2v) is 4.74. The summed E-state index contributed by atoms with van der Waals surface area (Å²) in [5.74, 6) is 0. The summed E-state index contributed by atoms with van der Waals surface area (Å²) in [6.07, 6.45) is 2.87. The summed E-state index contributed by atoms with van der Waals surface area (Å²) in [6.45, 7) is 2.09. The van der Waals surface area contributed by atoms with E-state index in [1.165, 1.54) is 0 Å². The van der Waals surface area contributed by atoms with Crippen LogP contribution in [0.2, 0.25) is 0 Å². The molecule has 0 atom stereocenters. The zero-order valence-electron chi connectivity index (χ0n) is 9.87. The highest BCUT2D eigenvalue weighted by molar-refractivity contribution is 9.10. The fourth-order valence-corrected chi connectivity index (χ4v) is 2.17. The van der Waals surface area contributed by atoms with Crippen molar-refractivity contribution in [1.29, 1.82) is 0 Å². The molecule has 0 aliphatic carbocycles. The first-order valence-corrected chi connectivity index (χ1v) is 6.24. The van der Waals surface area contributed by atoms with Crippen LogP contribution in [-0.2, 0) is 13.5 Å². The second-order valence-electron chi connectivity index (χ2n) is 3.88. The van der Waals surface area contributed by atoms with Gasteiger partial charge in [0.1, 0.15) is 0 Å². The minimum absolute atomic E-state index is 0.740. The monoisotopic (exact) mass is 294 g/mol. The lowest BCUT2D eigenvalue weighted by atomic mass is 10.2. The van der Waals surface area contributed by atoms with Gasteiger partial charge >= 0.3 is 0 Å². The number of nitrogens with two attached hydrogens (primary N) is 1. The molecule has 0 saturated carbocycles. The lowest BCUT2D eigenvalue weighted by molar-refractivity contribution is 0.746. The number of anilines is 3. The van der Waals surface area contributed by atoms with E-state index in [1.54, 1.807) is 0 Å². The first kappa shape index (κ1) is 12.0. The van der Waals surface area contributed by atoms with Crippen LogP contribution >= 0.6 is 15.9 Å². The molecule has 2 aromatic rings. The average molecular weight is 295 g/mol. The number of benzene rings is 1. The van der Waals surface area contributed by atoms with Gasteiger partial charge in [0.2, 0.25) is 0 Å². The molecule has 0 aliphatic heterocycles. The molecular weight excluding hydrogens is 280 g/mol. The predicted octanol–water partition coefficient (Wildman–Crippen LogP) is 3.07. The van der Waals surface area contributed by atoms with E-state index in [0.717, 1.165) is 33.6 Å². The molecule has 4 nitrogen and oxygen atoms in total. The summed E-state index contributed by atoms with van der Waals surface area (Å²) in [5, 5.41) is 7.74. The Labute approximate surface area is 109 Å². The molecule has 0 amide bonds. The van der Waals surface area contributed by atoms with Crippen molar-refractivity contribution in [2.24, 2.45) is 7.05 Å². The van der Waals surface area contributed by atoms with Crippen LogP contribution in [0.4, 0.5) is 17.1 Å². The lowest BCUT2D eigenvalue weighted by Gasteiger charge is -2.08. The van der Waals surface area contributed by atoms with E-state index in [1.807, 2.05) is 36.1 Å². The number of aromatic nitrogens is 2. The largest absolute Gasteiger partial charge is 0.399 e. The maximum absolute atomic E-state index is 5.71. The molecule has 5 heteroatoms. The standard InChI is InChI=1S/C12H15BrN4/c1-3-10-12(7-17(2)16-10)15-11-5-4-8(14)6-9(11)13/h4-7,15H,3,14H2,1-2H3. The van der Waals surface area contributed by atoms with Crippen LogP contribution in [0.1, 0.15) is 12.6 Å². The van der Waals surface area contributed by atoms with Gasteiger partial charge in [0.15, 0.2) is 0 Å². The summed E-state index contributed by atoms with van der Waals surface area (Å²) in [5.41, 5.74) is 9.52. The summed E-state index contributed by atoms with van der Waals surface area (Å²) in [7, 11) is 1.92. The van der Waals surface area contributed by atoms with Crippen molar-refractivity contribution in [3.05, 3.63) is 34.6 Å². The zero-order valence-corrected chi connectivity index (χ0v) is 11.5. The highest BCUT2D eigenvalue weighted by Gasteiger charge is 2.07. The predicted molar refractivity (Wildman–Crippen MR) is 74.4 cm³/mol. The first-order chi connectivity index (χ1) is 8.10. The number of nitrogens with zero attached hydrogens (tertiary/aromatic N) is 2. The molecular formula is C12H15BrN4. The van der Waals surface area contributed by atoms with Crippen LogP contribution < -0.4 is 11.1 Å². The van der Waals surface area contributed by atoms with Gasteiger partial charge in [-0.15, -0.1) is 0 Å². The van der Waals surface area contributed by atoms with Crippen molar-refractivity contribution in [1.82, 2.24) is 9.78 Å². The summed E-state index contributed by atoms with van der Waals surface area (Å²) in [4.78, 5) is 0. The van der Waals surface area contributed by atoms with E-state index in [2.05, 4.69) is 33.3 Å². The highest BCUT2D eigenvalue weighted by atomic mass is 79.9. The van der Waals surface area contributed by atoms with Gasteiger partial charge in [-0.05, 0) is 40.5 Å². The number of hydrogen-bond donors (Lipinski definition) is 2. The number of rotatable bonds is 3. The maximum atomic E-state index is 5.71. The van der Waals surface area contributed by atoms with Crippen LogP contribution in [0.3, 0.4) is 0 Å². The summed E-state index contributed by atoms with van der Waals surface area (Å²) >= 11 is 3.49. The molecule has 17 heavy (non-hydrogen) atoms. The maximum Gasteiger partial charge on any atom is 0.0856 e. The van der Waals surface area contributed by atoms with E-state index in [-0.39, 0.29) is 0 Å². The van der Waals surface area contributed by atoms with Crippen molar-refractivity contribution < 1.29 is 0 Å². The third-order valence-electron chi connectivity index (χ3n) is 2.50. The minimum atomic E-state index is 0.740. The molecule has 1 aromatic carbocycles. The smallest absolute Gasteiger partial charge is 0.0856 e. The molecule has 0 bridgehead atoms. The molecule has 90 valence electrons. The van der Waals surface area contributed by atoms with Crippen molar-refractivity contribution in [2.45, 2.75) is 13.3 Å². The zero-order chi connectivity index (χ0) is 12.4. The van der Waals surface area contributed by atoms with Crippen molar-refractivity contribution >= 4 is 33.0 Å². The van der Waals surface area contributed by atoms with Gasteiger partial charge in [0.25, 0.3) is 0 Å². The van der Waals surface area contributed by atoms with Crippen molar-refractivity contribution in [3.8, 4) is 0 Å². The fourth-order valence-electron chi connectivity index (χ4n) is 1.68. The van der Waals surface area contributed by atoms with Gasteiger partial charge in [0, 0.05) is 23.4 Å². The quantitative estimate of drug-likeness (QED) is 0.856. The molecule has 0 radical (unpaired) electrons. The van der Waals surface area contributed by atoms with Gasteiger partial charge in [-0.25, -0.2) is 0 Å². The van der Waals surface area contributed by atoms with Crippen LogP contribution in [-0.4, -0.2) is 9.78 Å². The lowest BCUT2D eigenvalue weighted by Crippen LogP contribution is -1.95. The SMILES string of the molecule is CCc1nn(C)cc1Nc1ccc(N)cc1Br. The van der Waals surface area contributed by atoms with Crippen molar-refractivity contribution in [3.63, 3.8) is 0 Å². The van der Waals surface area contributed by atoms with Crippen LogP contribution in [0.15, 0.2) is 28.9 Å². The van der Waals surface area contributed by atoms with E-state index < -0.39 is 0 Å². The Hall–Kier alpha value is -1.49. The van der Waals surface area contributed by atoms with E-state index in [0.29, 0.717) is 0 Å². The Balaban J connectivity index is 2.30. The van der Waals surface area contributed by atoms with Gasteiger partial charge in [-0.1, -0.05) is 6.92 Å². The fraction of sp³-hybridized carbons (Fsp3) is 0.250. The van der Waals surface area contributed by atoms with E-state index in [9.17, 15) is 0 Å². The molecule has 0 unspecified atom stereocenters. The van der Waals surface area contributed by atoms with Gasteiger partial charge in [0.05, 0.1) is 17.1 Å². The Bertz CT molecular complexity index is 533. The molecule has 0 saturated heterocycles. The van der Waals surface area contributed by atoms with Crippen LogP contribution in [0.25, 0.3) is 0 Å². The molecule has 0 aliphatic rings. The van der Waals surface area contributed by atoms with Crippen molar-refractivity contribution in [2.75, 3.05) is 11.1 Å². The number of halogens is 1. The molecule has 3 N–H and O–H groups in total. The number of aryl methyl sites for hydroxylation is 2. The third-order valence-corrected chi connectivity index (χ3v) is 3.16. The Morgan fingerprint density at radius 1 is 1.41 bits per heavy atom. The average Bonchev–Trinajstić information content (AvgIpc) is 2.63. The van der Waals surface area contributed by atoms with Crippen LogP contribution in [0, 0.1) is 0 Å². The van der Waals surface area contributed by atoms with E-state index in [4.69, 9.17) is 5.73 Å². The molecule has 1 heterocycles. The Kier molecular flexibility index (Phi) is 3.38. The third kappa shape index (κ3) is 2.61. The Morgan fingerprint density at radius 3 is 2.82 bits per heavy atom. The highest BCUT2D eigenvalue weighted by Crippen LogP contribution is 2.28. The van der Waals surface area contributed by atoms with E-state index >= 15 is 0 Å². The topological polar surface area (TPSA) is 55.9 Å². The minimum Gasteiger partial charge on any atom is -0.399 e. The van der Waals surface area contributed by atoms with Gasteiger partial charge < -0.3 is 11.1 Å². The van der Waals surface area contributed by atoms with Crippen LogP contribution in [0.5, 0.6) is 0 Å². The number of nitrogens with one attached hydrogen (secondary N) is 1. The summed E-state index contributed by atoms with van der Waals surface area (Å²) in [6, 6.07) is 5.70.